The SMILES string of the molecule is Cc1c(C(=O)N2CCN(C(c3ccccc3)c3ccccc3)CC2)cc(-c2ccc(Cl)cc2)n1-c1ccccc1. The van der Waals surface area contributed by atoms with Crippen LogP contribution in [0.25, 0.3) is 16.9 Å². The summed E-state index contributed by atoms with van der Waals surface area (Å²) in [4.78, 5) is 18.5. The molecule has 5 heteroatoms. The number of nitrogens with zero attached hydrogens (tertiary/aromatic N) is 3. The van der Waals surface area contributed by atoms with Gasteiger partial charge in [-0.1, -0.05) is 103 Å². The number of piperazine rings is 1. The number of halogens is 1. The molecule has 1 fully saturated rings. The molecule has 200 valence electrons. The normalized spacial score (nSPS) is 14.0. The zero-order valence-electron chi connectivity index (χ0n) is 22.6. The highest BCUT2D eigenvalue weighted by molar-refractivity contribution is 6.30. The molecule has 0 bridgehead atoms. The summed E-state index contributed by atoms with van der Waals surface area (Å²) in [5.74, 6) is 0.0815. The highest BCUT2D eigenvalue weighted by atomic mass is 35.5. The Labute approximate surface area is 241 Å². The standard InChI is InChI=1S/C35H32ClN3O/c1-26-32(25-33(27-17-19-30(36)20-18-27)39(26)31-15-9-4-10-16-31)35(40)38-23-21-37(22-24-38)34(28-11-5-2-6-12-28)29-13-7-3-8-14-29/h2-20,25,34H,21-24H2,1H3. The largest absolute Gasteiger partial charge is 0.336 e. The van der Waals surface area contributed by atoms with Gasteiger partial charge in [0.05, 0.1) is 17.3 Å². The van der Waals surface area contributed by atoms with Gasteiger partial charge in [0.1, 0.15) is 0 Å². The van der Waals surface area contributed by atoms with Crippen molar-refractivity contribution in [2.45, 2.75) is 13.0 Å². The van der Waals surface area contributed by atoms with Gasteiger partial charge in [-0.3, -0.25) is 9.69 Å². The van der Waals surface area contributed by atoms with E-state index >= 15 is 0 Å². The predicted molar refractivity (Wildman–Crippen MR) is 163 cm³/mol. The molecule has 0 unspecified atom stereocenters. The number of rotatable bonds is 6. The number of aromatic nitrogens is 1. The maximum Gasteiger partial charge on any atom is 0.255 e. The summed E-state index contributed by atoms with van der Waals surface area (Å²) in [6.45, 7) is 5.02. The van der Waals surface area contributed by atoms with Crippen molar-refractivity contribution < 1.29 is 4.79 Å². The fraction of sp³-hybridized carbons (Fsp3) is 0.171. The molecule has 0 spiro atoms. The predicted octanol–water partition coefficient (Wildman–Crippen LogP) is 7.65. The number of para-hydroxylation sites is 1. The number of benzene rings is 4. The van der Waals surface area contributed by atoms with Gasteiger partial charge in [-0.05, 0) is 53.9 Å². The molecule has 2 heterocycles. The van der Waals surface area contributed by atoms with Crippen LogP contribution in [0.1, 0.15) is 33.2 Å². The molecule has 0 saturated carbocycles. The van der Waals surface area contributed by atoms with Gasteiger partial charge in [0.15, 0.2) is 0 Å². The van der Waals surface area contributed by atoms with Gasteiger partial charge in [-0.25, -0.2) is 0 Å². The van der Waals surface area contributed by atoms with E-state index in [2.05, 4.69) is 82.3 Å². The van der Waals surface area contributed by atoms with Crippen molar-refractivity contribution in [1.82, 2.24) is 14.4 Å². The molecule has 0 atom stereocenters. The van der Waals surface area contributed by atoms with E-state index in [9.17, 15) is 4.79 Å². The van der Waals surface area contributed by atoms with Crippen LogP contribution in [0, 0.1) is 6.92 Å². The first kappa shape index (κ1) is 26.1. The van der Waals surface area contributed by atoms with Crippen LogP contribution in [-0.4, -0.2) is 46.5 Å². The number of hydrogen-bond donors (Lipinski definition) is 0. The molecule has 1 aliphatic heterocycles. The third-order valence-electron chi connectivity index (χ3n) is 7.83. The average molecular weight is 546 g/mol. The van der Waals surface area contributed by atoms with Crippen LogP contribution >= 0.6 is 11.6 Å². The highest BCUT2D eigenvalue weighted by Gasteiger charge is 2.30. The smallest absolute Gasteiger partial charge is 0.255 e. The topological polar surface area (TPSA) is 28.5 Å². The molecule has 1 aromatic heterocycles. The first-order valence-corrected chi connectivity index (χ1v) is 14.1. The van der Waals surface area contributed by atoms with E-state index in [4.69, 9.17) is 11.6 Å². The van der Waals surface area contributed by atoms with Gasteiger partial charge in [-0.15, -0.1) is 0 Å². The lowest BCUT2D eigenvalue weighted by Gasteiger charge is -2.39. The van der Waals surface area contributed by atoms with E-state index in [0.29, 0.717) is 18.1 Å². The maximum absolute atomic E-state index is 14.0. The lowest BCUT2D eigenvalue weighted by molar-refractivity contribution is 0.0596. The van der Waals surface area contributed by atoms with Crippen LogP contribution in [0.5, 0.6) is 0 Å². The van der Waals surface area contributed by atoms with Gasteiger partial charge < -0.3 is 9.47 Å². The Hall–Kier alpha value is -4.12. The third-order valence-corrected chi connectivity index (χ3v) is 8.08. The Morgan fingerprint density at radius 3 is 1.77 bits per heavy atom. The van der Waals surface area contributed by atoms with Crippen LogP contribution in [0.4, 0.5) is 0 Å². The molecule has 0 radical (unpaired) electrons. The molecule has 5 aromatic rings. The Kier molecular flexibility index (Phi) is 7.54. The van der Waals surface area contributed by atoms with Gasteiger partial charge in [0.25, 0.3) is 5.91 Å². The minimum Gasteiger partial charge on any atom is -0.336 e. The van der Waals surface area contributed by atoms with Crippen molar-refractivity contribution in [3.63, 3.8) is 0 Å². The van der Waals surface area contributed by atoms with Gasteiger partial charge >= 0.3 is 0 Å². The Morgan fingerprint density at radius 2 is 1.23 bits per heavy atom. The molecule has 40 heavy (non-hydrogen) atoms. The van der Waals surface area contributed by atoms with E-state index in [1.54, 1.807) is 0 Å². The lowest BCUT2D eigenvalue weighted by Crippen LogP contribution is -2.50. The van der Waals surface area contributed by atoms with E-state index in [1.165, 1.54) is 11.1 Å². The van der Waals surface area contributed by atoms with Crippen molar-refractivity contribution in [3.05, 3.63) is 149 Å². The quantitative estimate of drug-likeness (QED) is 0.219. The first-order chi connectivity index (χ1) is 19.6. The molecule has 0 N–H and O–H groups in total. The van der Waals surface area contributed by atoms with Crippen molar-refractivity contribution in [1.29, 1.82) is 0 Å². The molecule has 1 saturated heterocycles. The summed E-state index contributed by atoms with van der Waals surface area (Å²) < 4.78 is 2.17. The number of carbonyl (C=O) groups is 1. The number of amides is 1. The summed E-state index contributed by atoms with van der Waals surface area (Å²) in [5.41, 5.74) is 7.26. The van der Waals surface area contributed by atoms with Gasteiger partial charge in [0.2, 0.25) is 0 Å². The van der Waals surface area contributed by atoms with Crippen molar-refractivity contribution in [2.24, 2.45) is 0 Å². The zero-order valence-corrected chi connectivity index (χ0v) is 23.3. The van der Waals surface area contributed by atoms with Crippen molar-refractivity contribution in [2.75, 3.05) is 26.2 Å². The Morgan fingerprint density at radius 1 is 0.700 bits per heavy atom. The highest BCUT2D eigenvalue weighted by Crippen LogP contribution is 2.33. The van der Waals surface area contributed by atoms with Crippen LogP contribution < -0.4 is 0 Å². The summed E-state index contributed by atoms with van der Waals surface area (Å²) in [7, 11) is 0. The van der Waals surface area contributed by atoms with Crippen LogP contribution in [0.15, 0.2) is 121 Å². The fourth-order valence-corrected chi connectivity index (χ4v) is 5.93. The summed E-state index contributed by atoms with van der Waals surface area (Å²) in [6, 6.07) is 41.5. The molecule has 0 aliphatic carbocycles. The Bertz CT molecular complexity index is 1530. The molecule has 1 aliphatic rings. The summed E-state index contributed by atoms with van der Waals surface area (Å²) in [6.07, 6.45) is 0. The second-order valence-electron chi connectivity index (χ2n) is 10.3. The fourth-order valence-electron chi connectivity index (χ4n) is 5.80. The molecule has 6 rings (SSSR count). The molecule has 4 aromatic carbocycles. The maximum atomic E-state index is 14.0. The van der Waals surface area contributed by atoms with Gasteiger partial charge in [-0.2, -0.15) is 0 Å². The zero-order chi connectivity index (χ0) is 27.5. The average Bonchev–Trinajstić information content (AvgIpc) is 3.36. The van der Waals surface area contributed by atoms with Crippen LogP contribution in [0.2, 0.25) is 5.02 Å². The molecular weight excluding hydrogens is 514 g/mol. The second-order valence-corrected chi connectivity index (χ2v) is 10.7. The molecule has 4 nitrogen and oxygen atoms in total. The summed E-state index contributed by atoms with van der Waals surface area (Å²) in [5, 5.41) is 0.691. The Balaban J connectivity index is 1.28. The van der Waals surface area contributed by atoms with Crippen molar-refractivity contribution >= 4 is 17.5 Å². The van der Waals surface area contributed by atoms with E-state index in [1.807, 2.05) is 60.4 Å². The number of carbonyl (C=O) groups excluding carboxylic acids is 1. The third kappa shape index (κ3) is 5.21. The molecular formula is C35H32ClN3O. The first-order valence-electron chi connectivity index (χ1n) is 13.8. The summed E-state index contributed by atoms with van der Waals surface area (Å²) >= 11 is 6.18. The van der Waals surface area contributed by atoms with Crippen LogP contribution in [-0.2, 0) is 0 Å². The lowest BCUT2D eigenvalue weighted by atomic mass is 9.96. The monoisotopic (exact) mass is 545 g/mol. The number of hydrogen-bond acceptors (Lipinski definition) is 2. The van der Waals surface area contributed by atoms with Crippen LogP contribution in [0.3, 0.4) is 0 Å². The van der Waals surface area contributed by atoms with E-state index in [0.717, 1.165) is 41.3 Å². The van der Waals surface area contributed by atoms with Crippen molar-refractivity contribution in [3.8, 4) is 16.9 Å². The minimum atomic E-state index is 0.0815. The van der Waals surface area contributed by atoms with E-state index in [-0.39, 0.29) is 11.9 Å². The van der Waals surface area contributed by atoms with E-state index < -0.39 is 0 Å². The second kappa shape index (κ2) is 11.5. The molecule has 1 amide bonds. The van der Waals surface area contributed by atoms with Gasteiger partial charge in [0, 0.05) is 42.6 Å². The minimum absolute atomic E-state index is 0.0815.